The van der Waals surface area contributed by atoms with Crippen LogP contribution in [-0.2, 0) is 12.3 Å². The van der Waals surface area contributed by atoms with Gasteiger partial charge in [-0.25, -0.2) is 8.78 Å². The molecule has 0 atom stereocenters. The highest BCUT2D eigenvalue weighted by Crippen LogP contribution is 2.27. The Morgan fingerprint density at radius 1 is 0.926 bits per heavy atom. The third kappa shape index (κ3) is 4.04. The molecule has 140 valence electrons. The second-order valence-electron chi connectivity index (χ2n) is 6.55. The summed E-state index contributed by atoms with van der Waals surface area (Å²) in [5, 5.41) is 9.41. The molecule has 3 aromatic rings. The number of benzene rings is 2. The minimum atomic E-state index is -0.827. The number of halogens is 2. The van der Waals surface area contributed by atoms with Crippen molar-refractivity contribution < 1.29 is 8.78 Å². The average Bonchev–Trinajstić information content (AvgIpc) is 3.34. The number of hydrogen-bond donors (Lipinski definition) is 0. The van der Waals surface area contributed by atoms with Crippen LogP contribution in [0.4, 0.5) is 8.78 Å². The van der Waals surface area contributed by atoms with E-state index in [0.717, 1.165) is 37.2 Å². The molecule has 2 heterocycles. The van der Waals surface area contributed by atoms with Crippen molar-refractivity contribution in [3.05, 3.63) is 71.6 Å². The molecule has 1 aliphatic rings. The first-order chi connectivity index (χ1) is 13.2. The van der Waals surface area contributed by atoms with E-state index in [0.29, 0.717) is 10.7 Å². The van der Waals surface area contributed by atoms with E-state index in [1.54, 1.807) is 6.07 Å². The van der Waals surface area contributed by atoms with Crippen LogP contribution in [0.3, 0.4) is 0 Å². The van der Waals surface area contributed by atoms with Crippen LogP contribution in [0.1, 0.15) is 24.2 Å². The van der Waals surface area contributed by atoms with Gasteiger partial charge >= 0.3 is 0 Å². The lowest BCUT2D eigenvalue weighted by molar-refractivity contribution is 0.319. The third-order valence-electron chi connectivity index (χ3n) is 4.67. The molecule has 4 rings (SSSR count). The number of thioether (sulfide) groups is 1. The second-order valence-corrected chi connectivity index (χ2v) is 7.50. The molecular weight excluding hydrogens is 366 g/mol. The molecule has 1 aliphatic heterocycles. The van der Waals surface area contributed by atoms with Gasteiger partial charge in [0.15, 0.2) is 22.6 Å². The Kier molecular flexibility index (Phi) is 5.50. The zero-order valence-corrected chi connectivity index (χ0v) is 15.6. The summed E-state index contributed by atoms with van der Waals surface area (Å²) in [6.07, 6.45) is 2.42. The van der Waals surface area contributed by atoms with Crippen molar-refractivity contribution in [3.63, 3.8) is 0 Å². The Morgan fingerprint density at radius 3 is 2.48 bits per heavy atom. The molecule has 2 aromatic carbocycles. The molecule has 0 bridgehead atoms. The van der Waals surface area contributed by atoms with E-state index < -0.39 is 11.6 Å². The first-order valence-corrected chi connectivity index (χ1v) is 9.98. The van der Waals surface area contributed by atoms with Crippen molar-refractivity contribution in [1.82, 2.24) is 19.7 Å². The Labute approximate surface area is 161 Å². The Morgan fingerprint density at radius 2 is 1.70 bits per heavy atom. The van der Waals surface area contributed by atoms with Gasteiger partial charge < -0.3 is 0 Å². The van der Waals surface area contributed by atoms with Gasteiger partial charge in [-0.2, -0.15) is 0 Å². The van der Waals surface area contributed by atoms with Crippen molar-refractivity contribution in [2.75, 3.05) is 13.1 Å². The SMILES string of the molecule is Fc1cccc(CSc2nnc(CN3CCCC3)n2-c2ccccc2)c1F. The normalized spacial score (nSPS) is 14.7. The van der Waals surface area contributed by atoms with Gasteiger partial charge in [-0.05, 0) is 44.1 Å². The molecule has 1 aromatic heterocycles. The van der Waals surface area contributed by atoms with Crippen molar-refractivity contribution in [3.8, 4) is 5.69 Å². The topological polar surface area (TPSA) is 34.0 Å². The van der Waals surface area contributed by atoms with Gasteiger partial charge in [0.05, 0.1) is 6.54 Å². The first-order valence-electron chi connectivity index (χ1n) is 9.00. The molecule has 0 N–H and O–H groups in total. The smallest absolute Gasteiger partial charge is 0.196 e. The fourth-order valence-corrected chi connectivity index (χ4v) is 4.22. The summed E-state index contributed by atoms with van der Waals surface area (Å²) in [5.74, 6) is -0.469. The molecule has 7 heteroatoms. The summed E-state index contributed by atoms with van der Waals surface area (Å²) in [4.78, 5) is 2.37. The minimum absolute atomic E-state index is 0.290. The molecule has 0 amide bonds. The Bertz CT molecular complexity index is 908. The highest BCUT2D eigenvalue weighted by atomic mass is 32.2. The van der Waals surface area contributed by atoms with Crippen molar-refractivity contribution in [1.29, 1.82) is 0 Å². The van der Waals surface area contributed by atoms with Crippen molar-refractivity contribution in [2.24, 2.45) is 0 Å². The van der Waals surface area contributed by atoms with Crippen molar-refractivity contribution in [2.45, 2.75) is 30.3 Å². The number of rotatable bonds is 6. The highest BCUT2D eigenvalue weighted by molar-refractivity contribution is 7.98. The first kappa shape index (κ1) is 18.1. The second kappa shape index (κ2) is 8.19. The van der Waals surface area contributed by atoms with E-state index in [9.17, 15) is 8.78 Å². The largest absolute Gasteiger partial charge is 0.296 e. The summed E-state index contributed by atoms with van der Waals surface area (Å²) < 4.78 is 29.4. The summed E-state index contributed by atoms with van der Waals surface area (Å²) in [7, 11) is 0. The molecule has 0 aliphatic carbocycles. The summed E-state index contributed by atoms with van der Waals surface area (Å²) in [6.45, 7) is 2.87. The standard InChI is InChI=1S/C20H20F2N4S/c21-17-10-6-7-15(19(17)22)14-27-20-24-23-18(13-25-11-4-5-12-25)26(20)16-8-2-1-3-9-16/h1-3,6-10H,4-5,11-14H2. The maximum absolute atomic E-state index is 14.0. The molecule has 0 unspecified atom stereocenters. The predicted molar refractivity (Wildman–Crippen MR) is 102 cm³/mol. The lowest BCUT2D eigenvalue weighted by Crippen LogP contribution is -2.21. The van der Waals surface area contributed by atoms with Gasteiger partial charge in [-0.3, -0.25) is 9.47 Å². The van der Waals surface area contributed by atoms with E-state index in [-0.39, 0.29) is 5.75 Å². The zero-order valence-electron chi connectivity index (χ0n) is 14.8. The summed E-state index contributed by atoms with van der Waals surface area (Å²) >= 11 is 1.36. The molecule has 1 fully saturated rings. The third-order valence-corrected chi connectivity index (χ3v) is 5.64. The number of likely N-dealkylation sites (tertiary alicyclic amines) is 1. The number of nitrogens with zero attached hydrogens (tertiary/aromatic N) is 4. The van der Waals surface area contributed by atoms with E-state index in [4.69, 9.17) is 0 Å². The number of para-hydroxylation sites is 1. The van der Waals surface area contributed by atoms with Crippen LogP contribution in [0.5, 0.6) is 0 Å². The molecule has 0 spiro atoms. The van der Waals surface area contributed by atoms with Crippen molar-refractivity contribution >= 4 is 11.8 Å². The fraction of sp³-hybridized carbons (Fsp3) is 0.300. The van der Waals surface area contributed by atoms with Crippen LogP contribution in [0.2, 0.25) is 0 Å². The van der Waals surface area contributed by atoms with E-state index in [1.165, 1.54) is 30.7 Å². The van der Waals surface area contributed by atoms with E-state index in [2.05, 4.69) is 15.1 Å². The monoisotopic (exact) mass is 386 g/mol. The Hall–Kier alpha value is -2.25. The number of hydrogen-bond acceptors (Lipinski definition) is 4. The maximum Gasteiger partial charge on any atom is 0.196 e. The van der Waals surface area contributed by atoms with E-state index in [1.807, 2.05) is 34.9 Å². The van der Waals surface area contributed by atoms with Gasteiger partial charge in [0.25, 0.3) is 0 Å². The lowest BCUT2D eigenvalue weighted by atomic mass is 10.2. The van der Waals surface area contributed by atoms with Gasteiger partial charge in [0.1, 0.15) is 0 Å². The van der Waals surface area contributed by atoms with Crippen LogP contribution < -0.4 is 0 Å². The minimum Gasteiger partial charge on any atom is -0.296 e. The quantitative estimate of drug-likeness (QED) is 0.587. The molecule has 27 heavy (non-hydrogen) atoms. The van der Waals surface area contributed by atoms with Crippen LogP contribution >= 0.6 is 11.8 Å². The molecule has 0 saturated carbocycles. The lowest BCUT2D eigenvalue weighted by Gasteiger charge is -2.16. The van der Waals surface area contributed by atoms with Gasteiger partial charge in [0, 0.05) is 17.0 Å². The summed E-state index contributed by atoms with van der Waals surface area (Å²) in [5.41, 5.74) is 1.29. The van der Waals surface area contributed by atoms with Gasteiger partial charge in [-0.15, -0.1) is 10.2 Å². The summed E-state index contributed by atoms with van der Waals surface area (Å²) in [6, 6.07) is 14.2. The average molecular weight is 386 g/mol. The van der Waals surface area contributed by atoms with Crippen LogP contribution in [0, 0.1) is 11.6 Å². The van der Waals surface area contributed by atoms with Crippen LogP contribution in [0.25, 0.3) is 5.69 Å². The highest BCUT2D eigenvalue weighted by Gasteiger charge is 2.20. The molecular formula is C20H20F2N4S. The van der Waals surface area contributed by atoms with E-state index >= 15 is 0 Å². The maximum atomic E-state index is 14.0. The van der Waals surface area contributed by atoms with Gasteiger partial charge in [0.2, 0.25) is 0 Å². The van der Waals surface area contributed by atoms with Gasteiger partial charge in [-0.1, -0.05) is 42.1 Å². The predicted octanol–water partition coefficient (Wildman–Crippen LogP) is 4.43. The molecule has 0 radical (unpaired) electrons. The Balaban J connectivity index is 1.61. The fourth-order valence-electron chi connectivity index (χ4n) is 3.28. The zero-order chi connectivity index (χ0) is 18.6. The molecule has 4 nitrogen and oxygen atoms in total. The van der Waals surface area contributed by atoms with Crippen LogP contribution in [0.15, 0.2) is 53.7 Å². The number of aromatic nitrogens is 3. The van der Waals surface area contributed by atoms with Crippen LogP contribution in [-0.4, -0.2) is 32.8 Å². The molecule has 1 saturated heterocycles.